The van der Waals surface area contributed by atoms with Crippen LogP contribution in [-0.2, 0) is 10.0 Å². The first-order valence-corrected chi connectivity index (χ1v) is 12.1. The number of hydrogen-bond acceptors (Lipinski definition) is 5. The predicted octanol–water partition coefficient (Wildman–Crippen LogP) is 4.12. The fraction of sp³-hybridized carbons (Fsp3) is 0.200. The zero-order valence-electron chi connectivity index (χ0n) is 17.8. The fourth-order valence-corrected chi connectivity index (χ4v) is 5.61. The molecule has 1 aliphatic heterocycles. The minimum absolute atomic E-state index is 0.352. The molecule has 5 rings (SSSR count). The van der Waals surface area contributed by atoms with E-state index >= 15 is 0 Å². The van der Waals surface area contributed by atoms with Gasteiger partial charge >= 0.3 is 0 Å². The Morgan fingerprint density at radius 3 is 2.25 bits per heavy atom. The van der Waals surface area contributed by atoms with Crippen molar-refractivity contribution in [3.05, 3.63) is 84.4 Å². The highest BCUT2D eigenvalue weighted by atomic mass is 32.2. The minimum Gasteiger partial charge on any atom is -0.352 e. The van der Waals surface area contributed by atoms with Gasteiger partial charge in [0.2, 0.25) is 10.0 Å². The number of sulfonamides is 1. The average Bonchev–Trinajstić information content (AvgIpc) is 2.84. The summed E-state index contributed by atoms with van der Waals surface area (Å²) in [5.41, 5.74) is 2.78. The van der Waals surface area contributed by atoms with Gasteiger partial charge in [-0.25, -0.2) is 8.42 Å². The molecule has 0 saturated carbocycles. The van der Waals surface area contributed by atoms with Gasteiger partial charge in [-0.05, 0) is 53.6 Å². The molecule has 32 heavy (non-hydrogen) atoms. The molecule has 0 radical (unpaired) electrons. The molecule has 1 aliphatic rings. The van der Waals surface area contributed by atoms with E-state index in [2.05, 4.69) is 45.4 Å². The normalized spacial score (nSPS) is 15.2. The highest BCUT2D eigenvalue weighted by Crippen LogP contribution is 2.25. The van der Waals surface area contributed by atoms with Gasteiger partial charge in [0.25, 0.3) is 0 Å². The predicted molar refractivity (Wildman–Crippen MR) is 127 cm³/mol. The van der Waals surface area contributed by atoms with Crippen LogP contribution in [0.25, 0.3) is 22.0 Å². The number of piperazine rings is 1. The third-order valence-electron chi connectivity index (χ3n) is 5.89. The lowest BCUT2D eigenvalue weighted by Crippen LogP contribution is -2.49. The Hall–Kier alpha value is -3.29. The topological polar surface area (TPSA) is 66.4 Å². The van der Waals surface area contributed by atoms with Crippen LogP contribution in [0.4, 0.5) is 5.82 Å². The van der Waals surface area contributed by atoms with E-state index in [1.165, 1.54) is 10.8 Å². The summed E-state index contributed by atoms with van der Waals surface area (Å²) < 4.78 is 27.5. The number of hydrogen-bond donors (Lipinski definition) is 0. The standard InChI is InChI=1S/C25H24N4O2S/c1-19-5-4-8-23(17-19)32(30,31)29-15-13-28(14-16-29)25-12-11-24(26-27-25)22-10-9-20-6-2-3-7-21(20)18-22/h2-12,17-18H,13-16H2,1H3. The Labute approximate surface area is 188 Å². The molecule has 0 unspecified atom stereocenters. The third kappa shape index (κ3) is 3.97. The summed E-state index contributed by atoms with van der Waals surface area (Å²) in [4.78, 5) is 2.44. The Kier molecular flexibility index (Phi) is 5.36. The molecule has 0 bridgehead atoms. The number of fused-ring (bicyclic) bond motifs is 1. The van der Waals surface area contributed by atoms with Crippen molar-refractivity contribution in [2.24, 2.45) is 0 Å². The van der Waals surface area contributed by atoms with Gasteiger partial charge in [0, 0.05) is 31.7 Å². The van der Waals surface area contributed by atoms with E-state index in [4.69, 9.17) is 0 Å². The Morgan fingerprint density at radius 2 is 1.53 bits per heavy atom. The van der Waals surface area contributed by atoms with Crippen LogP contribution < -0.4 is 4.90 Å². The molecule has 7 heteroatoms. The zero-order valence-corrected chi connectivity index (χ0v) is 18.7. The molecular formula is C25H24N4O2S. The van der Waals surface area contributed by atoms with E-state index in [0.29, 0.717) is 31.1 Å². The molecule has 3 aromatic carbocycles. The zero-order chi connectivity index (χ0) is 22.1. The SMILES string of the molecule is Cc1cccc(S(=O)(=O)N2CCN(c3ccc(-c4ccc5ccccc5c4)nn3)CC2)c1. The van der Waals surface area contributed by atoms with Gasteiger partial charge in [-0.3, -0.25) is 0 Å². The van der Waals surface area contributed by atoms with Crippen LogP contribution in [0, 0.1) is 6.92 Å². The van der Waals surface area contributed by atoms with Gasteiger partial charge < -0.3 is 4.90 Å². The van der Waals surface area contributed by atoms with Gasteiger partial charge in [-0.15, -0.1) is 10.2 Å². The Balaban J connectivity index is 1.29. The van der Waals surface area contributed by atoms with E-state index in [9.17, 15) is 8.42 Å². The molecule has 4 aromatic rings. The van der Waals surface area contributed by atoms with Crippen LogP contribution in [0.1, 0.15) is 5.56 Å². The van der Waals surface area contributed by atoms with Gasteiger partial charge in [-0.1, -0.05) is 48.5 Å². The summed E-state index contributed by atoms with van der Waals surface area (Å²) in [6.45, 7) is 3.90. The second-order valence-corrected chi connectivity index (χ2v) is 9.98. The highest BCUT2D eigenvalue weighted by molar-refractivity contribution is 7.89. The second kappa shape index (κ2) is 8.33. The third-order valence-corrected chi connectivity index (χ3v) is 7.78. The number of aryl methyl sites for hydroxylation is 1. The number of benzene rings is 3. The largest absolute Gasteiger partial charge is 0.352 e. The van der Waals surface area contributed by atoms with Crippen LogP contribution in [0.5, 0.6) is 0 Å². The fourth-order valence-electron chi connectivity index (χ4n) is 4.08. The summed E-state index contributed by atoms with van der Waals surface area (Å²) in [5, 5.41) is 11.2. The van der Waals surface area contributed by atoms with E-state index < -0.39 is 10.0 Å². The van der Waals surface area contributed by atoms with Crippen LogP contribution in [0.2, 0.25) is 0 Å². The van der Waals surface area contributed by atoms with Crippen LogP contribution in [0.15, 0.2) is 83.8 Å². The van der Waals surface area contributed by atoms with E-state index in [1.54, 1.807) is 22.5 Å². The number of aromatic nitrogens is 2. The monoisotopic (exact) mass is 444 g/mol. The van der Waals surface area contributed by atoms with E-state index in [0.717, 1.165) is 22.6 Å². The van der Waals surface area contributed by atoms with Crippen LogP contribution in [-0.4, -0.2) is 49.1 Å². The summed E-state index contributed by atoms with van der Waals surface area (Å²) in [7, 11) is -3.48. The summed E-state index contributed by atoms with van der Waals surface area (Å²) in [6.07, 6.45) is 0. The molecule has 162 valence electrons. The molecular weight excluding hydrogens is 420 g/mol. The molecule has 0 atom stereocenters. The minimum atomic E-state index is -3.48. The van der Waals surface area contributed by atoms with Gasteiger partial charge in [0.15, 0.2) is 5.82 Å². The van der Waals surface area contributed by atoms with Gasteiger partial charge in [-0.2, -0.15) is 4.31 Å². The molecule has 1 fully saturated rings. The smallest absolute Gasteiger partial charge is 0.243 e. The second-order valence-electron chi connectivity index (χ2n) is 8.05. The number of anilines is 1. The summed E-state index contributed by atoms with van der Waals surface area (Å²) in [6, 6.07) is 25.5. The first-order chi connectivity index (χ1) is 15.5. The average molecular weight is 445 g/mol. The quantitative estimate of drug-likeness (QED) is 0.474. The Bertz CT molecular complexity index is 1360. The van der Waals surface area contributed by atoms with Crippen molar-refractivity contribution >= 4 is 26.6 Å². The molecule has 2 heterocycles. The molecule has 1 saturated heterocycles. The van der Waals surface area contributed by atoms with Crippen molar-refractivity contribution in [2.75, 3.05) is 31.1 Å². The number of rotatable bonds is 4. The van der Waals surface area contributed by atoms with Crippen molar-refractivity contribution in [1.82, 2.24) is 14.5 Å². The molecule has 1 aromatic heterocycles. The summed E-state index contributed by atoms with van der Waals surface area (Å²) in [5.74, 6) is 0.766. The maximum absolute atomic E-state index is 13.0. The maximum atomic E-state index is 13.0. The summed E-state index contributed by atoms with van der Waals surface area (Å²) >= 11 is 0. The lowest BCUT2D eigenvalue weighted by molar-refractivity contribution is 0.383. The lowest BCUT2D eigenvalue weighted by atomic mass is 10.1. The lowest BCUT2D eigenvalue weighted by Gasteiger charge is -2.34. The number of nitrogens with zero attached hydrogens (tertiary/aromatic N) is 4. The van der Waals surface area contributed by atoms with Crippen molar-refractivity contribution in [2.45, 2.75) is 11.8 Å². The highest BCUT2D eigenvalue weighted by Gasteiger charge is 2.29. The van der Waals surface area contributed by atoms with Crippen LogP contribution in [0.3, 0.4) is 0 Å². The molecule has 0 N–H and O–H groups in total. The van der Waals surface area contributed by atoms with E-state index in [1.807, 2.05) is 37.3 Å². The van der Waals surface area contributed by atoms with Crippen LogP contribution >= 0.6 is 0 Å². The maximum Gasteiger partial charge on any atom is 0.243 e. The van der Waals surface area contributed by atoms with Crippen molar-refractivity contribution in [3.63, 3.8) is 0 Å². The van der Waals surface area contributed by atoms with Crippen molar-refractivity contribution in [3.8, 4) is 11.3 Å². The Morgan fingerprint density at radius 1 is 0.750 bits per heavy atom. The first-order valence-electron chi connectivity index (χ1n) is 10.7. The van der Waals surface area contributed by atoms with Gasteiger partial charge in [0.05, 0.1) is 10.6 Å². The van der Waals surface area contributed by atoms with Crippen molar-refractivity contribution in [1.29, 1.82) is 0 Å². The first kappa shape index (κ1) is 20.6. The molecule has 0 spiro atoms. The van der Waals surface area contributed by atoms with Gasteiger partial charge in [0.1, 0.15) is 0 Å². The van der Waals surface area contributed by atoms with Crippen molar-refractivity contribution < 1.29 is 8.42 Å². The van der Waals surface area contributed by atoms with E-state index in [-0.39, 0.29) is 0 Å². The molecule has 0 amide bonds. The molecule has 0 aliphatic carbocycles. The molecule has 6 nitrogen and oxygen atoms in total.